The Morgan fingerprint density at radius 1 is 1.38 bits per heavy atom. The van der Waals surface area contributed by atoms with Gasteiger partial charge in [0.05, 0.1) is 5.54 Å². The molecule has 0 aromatic rings. The summed E-state index contributed by atoms with van der Waals surface area (Å²) in [5, 5.41) is 0. The second kappa shape index (κ2) is 5.85. The van der Waals surface area contributed by atoms with Crippen LogP contribution in [0.15, 0.2) is 28.8 Å². The fourth-order valence-corrected chi connectivity index (χ4v) is 3.16. The van der Waals surface area contributed by atoms with Crippen molar-refractivity contribution in [3.63, 3.8) is 0 Å². The van der Waals surface area contributed by atoms with Gasteiger partial charge in [0.25, 0.3) is 0 Å². The van der Waals surface area contributed by atoms with Crippen LogP contribution in [-0.2, 0) is 4.74 Å². The largest absolute Gasteiger partial charge is 0.475 e. The van der Waals surface area contributed by atoms with Crippen LogP contribution >= 0.6 is 0 Å². The third-order valence-electron chi connectivity index (χ3n) is 3.78. The summed E-state index contributed by atoms with van der Waals surface area (Å²) in [6.07, 6.45) is 7.48. The number of nitrogens with zero attached hydrogens (tertiary/aromatic N) is 1. The Labute approximate surface area is 130 Å². The SMILES string of the molecule is C[C@@H]1C(C2=NC(C)(C)CO2)=CC=C[C@H]1CC#C[Si](C)(C)C. The van der Waals surface area contributed by atoms with Crippen molar-refractivity contribution in [3.8, 4) is 11.5 Å². The van der Waals surface area contributed by atoms with E-state index in [0.29, 0.717) is 18.4 Å². The third kappa shape index (κ3) is 4.34. The van der Waals surface area contributed by atoms with Crippen molar-refractivity contribution in [1.82, 2.24) is 0 Å². The highest BCUT2D eigenvalue weighted by Crippen LogP contribution is 2.32. The van der Waals surface area contributed by atoms with Gasteiger partial charge in [0.1, 0.15) is 14.7 Å². The van der Waals surface area contributed by atoms with E-state index in [1.165, 1.54) is 5.57 Å². The molecule has 2 atom stereocenters. The summed E-state index contributed by atoms with van der Waals surface area (Å²) in [4.78, 5) is 4.71. The minimum absolute atomic E-state index is 0.0931. The van der Waals surface area contributed by atoms with Crippen LogP contribution in [-0.4, -0.2) is 26.1 Å². The van der Waals surface area contributed by atoms with Crippen molar-refractivity contribution in [1.29, 1.82) is 0 Å². The average Bonchev–Trinajstić information content (AvgIpc) is 2.70. The molecule has 2 aliphatic rings. The van der Waals surface area contributed by atoms with Crippen LogP contribution in [0.4, 0.5) is 0 Å². The van der Waals surface area contributed by atoms with Gasteiger partial charge in [-0.3, -0.25) is 0 Å². The molecular formula is C18H27NOSi. The van der Waals surface area contributed by atoms with Crippen molar-refractivity contribution >= 4 is 14.0 Å². The number of ether oxygens (including phenoxy) is 1. The Hall–Kier alpha value is -1.27. The Morgan fingerprint density at radius 3 is 2.67 bits per heavy atom. The van der Waals surface area contributed by atoms with Gasteiger partial charge < -0.3 is 4.74 Å². The molecule has 114 valence electrons. The zero-order valence-electron chi connectivity index (χ0n) is 14.2. The third-order valence-corrected chi connectivity index (χ3v) is 4.71. The lowest BCUT2D eigenvalue weighted by molar-refractivity contribution is 0.276. The van der Waals surface area contributed by atoms with Gasteiger partial charge in [0.2, 0.25) is 5.90 Å². The average molecular weight is 302 g/mol. The molecule has 0 saturated heterocycles. The zero-order valence-corrected chi connectivity index (χ0v) is 15.2. The van der Waals surface area contributed by atoms with E-state index in [9.17, 15) is 0 Å². The summed E-state index contributed by atoms with van der Waals surface area (Å²) in [6, 6.07) is 0. The first-order chi connectivity index (χ1) is 9.68. The van der Waals surface area contributed by atoms with E-state index in [-0.39, 0.29) is 5.54 Å². The van der Waals surface area contributed by atoms with Gasteiger partial charge in [0.15, 0.2) is 0 Å². The molecule has 1 aliphatic carbocycles. The maximum Gasteiger partial charge on any atom is 0.212 e. The molecule has 2 rings (SSSR count). The van der Waals surface area contributed by atoms with Gasteiger partial charge in [-0.2, -0.15) is 0 Å². The van der Waals surface area contributed by atoms with E-state index >= 15 is 0 Å². The van der Waals surface area contributed by atoms with Gasteiger partial charge >= 0.3 is 0 Å². The molecule has 0 aromatic heterocycles. The number of hydrogen-bond donors (Lipinski definition) is 0. The van der Waals surface area contributed by atoms with E-state index in [2.05, 4.69) is 70.1 Å². The van der Waals surface area contributed by atoms with Gasteiger partial charge in [-0.1, -0.05) is 44.8 Å². The summed E-state index contributed by atoms with van der Waals surface area (Å²) in [6.45, 7) is 14.0. The molecule has 0 saturated carbocycles. The van der Waals surface area contributed by atoms with Gasteiger partial charge in [0, 0.05) is 12.0 Å². The maximum absolute atomic E-state index is 5.80. The summed E-state index contributed by atoms with van der Waals surface area (Å²) < 4.78 is 5.80. The summed E-state index contributed by atoms with van der Waals surface area (Å²) >= 11 is 0. The summed E-state index contributed by atoms with van der Waals surface area (Å²) in [7, 11) is -1.27. The molecule has 2 nitrogen and oxygen atoms in total. The Bertz CT molecular complexity index is 552. The molecule has 0 aromatic carbocycles. The molecule has 1 heterocycles. The molecule has 1 aliphatic heterocycles. The van der Waals surface area contributed by atoms with E-state index in [0.717, 1.165) is 12.3 Å². The molecule has 3 heteroatoms. The molecule has 0 bridgehead atoms. The highest BCUT2D eigenvalue weighted by molar-refractivity contribution is 6.83. The normalized spacial score (nSPS) is 27.3. The molecule has 0 radical (unpaired) electrons. The Morgan fingerprint density at radius 2 is 2.10 bits per heavy atom. The van der Waals surface area contributed by atoms with Crippen molar-refractivity contribution in [2.75, 3.05) is 6.61 Å². The van der Waals surface area contributed by atoms with Gasteiger partial charge in [-0.25, -0.2) is 4.99 Å². The van der Waals surface area contributed by atoms with E-state index in [1.54, 1.807) is 0 Å². The number of aliphatic imine (C=N–C) groups is 1. The molecule has 0 N–H and O–H groups in total. The van der Waals surface area contributed by atoms with Crippen molar-refractivity contribution in [2.24, 2.45) is 16.8 Å². The molecule has 0 amide bonds. The minimum Gasteiger partial charge on any atom is -0.475 e. The first kappa shape index (κ1) is 16.1. The quantitative estimate of drug-likeness (QED) is 0.553. The van der Waals surface area contributed by atoms with Crippen LogP contribution < -0.4 is 0 Å². The molecule has 21 heavy (non-hydrogen) atoms. The fourth-order valence-electron chi connectivity index (χ4n) is 2.53. The topological polar surface area (TPSA) is 21.6 Å². The maximum atomic E-state index is 5.80. The number of allylic oxidation sites excluding steroid dienone is 3. The second-order valence-corrected chi connectivity index (χ2v) is 12.5. The lowest BCUT2D eigenvalue weighted by Gasteiger charge is -2.24. The first-order valence-electron chi connectivity index (χ1n) is 7.79. The Balaban J connectivity index is 2.09. The predicted molar refractivity (Wildman–Crippen MR) is 93.1 cm³/mol. The van der Waals surface area contributed by atoms with Gasteiger partial charge in [-0.05, 0) is 25.7 Å². The lowest BCUT2D eigenvalue weighted by Crippen LogP contribution is -2.21. The molecular weight excluding hydrogens is 274 g/mol. The Kier molecular flexibility index (Phi) is 4.48. The van der Waals surface area contributed by atoms with Crippen LogP contribution in [0.5, 0.6) is 0 Å². The van der Waals surface area contributed by atoms with Crippen LogP contribution in [0, 0.1) is 23.3 Å². The van der Waals surface area contributed by atoms with E-state index in [4.69, 9.17) is 9.73 Å². The monoisotopic (exact) mass is 301 g/mol. The highest BCUT2D eigenvalue weighted by atomic mass is 28.3. The zero-order chi connectivity index (χ0) is 15.7. The first-order valence-corrected chi connectivity index (χ1v) is 11.3. The van der Waals surface area contributed by atoms with E-state index in [1.807, 2.05) is 0 Å². The van der Waals surface area contributed by atoms with Crippen LogP contribution in [0.25, 0.3) is 0 Å². The highest BCUT2D eigenvalue weighted by Gasteiger charge is 2.32. The van der Waals surface area contributed by atoms with Crippen molar-refractivity contribution in [2.45, 2.75) is 52.4 Å². The van der Waals surface area contributed by atoms with Crippen molar-refractivity contribution in [3.05, 3.63) is 23.8 Å². The molecule has 0 fully saturated rings. The summed E-state index contributed by atoms with van der Waals surface area (Å²) in [5.41, 5.74) is 4.59. The lowest BCUT2D eigenvalue weighted by atomic mass is 9.81. The number of rotatable bonds is 2. The van der Waals surface area contributed by atoms with Crippen LogP contribution in [0.2, 0.25) is 19.6 Å². The minimum atomic E-state index is -1.27. The molecule has 0 unspecified atom stereocenters. The van der Waals surface area contributed by atoms with E-state index < -0.39 is 8.07 Å². The fraction of sp³-hybridized carbons (Fsp3) is 0.611. The van der Waals surface area contributed by atoms with Crippen molar-refractivity contribution < 1.29 is 4.74 Å². The van der Waals surface area contributed by atoms with Crippen LogP contribution in [0.1, 0.15) is 27.2 Å². The smallest absolute Gasteiger partial charge is 0.212 e. The molecule has 0 spiro atoms. The van der Waals surface area contributed by atoms with Gasteiger partial charge in [-0.15, -0.1) is 11.5 Å². The second-order valence-electron chi connectivity index (χ2n) is 7.73. The van der Waals surface area contributed by atoms with Crippen LogP contribution in [0.3, 0.4) is 0 Å². The number of hydrogen-bond acceptors (Lipinski definition) is 2. The summed E-state index contributed by atoms with van der Waals surface area (Å²) in [5.74, 6) is 5.12. The standard InChI is InChI=1S/C18H27NOSi/c1-14-15(10-8-12-21(4,5)6)9-7-11-16(14)17-19-18(2,3)13-20-17/h7,9,11,14-15H,10,13H2,1-6H3/t14-,15-/m0/s1. The predicted octanol–water partition coefficient (Wildman–Crippen LogP) is 4.21.